The normalized spacial score (nSPS) is 19.4. The van der Waals surface area contributed by atoms with Crippen LogP contribution in [0.1, 0.15) is 51.9 Å². The zero-order valence-corrected chi connectivity index (χ0v) is 24.6. The van der Waals surface area contributed by atoms with Crippen molar-refractivity contribution in [1.82, 2.24) is 20.6 Å². The van der Waals surface area contributed by atoms with Crippen LogP contribution in [0.5, 0.6) is 0 Å². The number of hydrogen-bond acceptors (Lipinski definition) is 6. The third-order valence-corrected chi connectivity index (χ3v) is 8.33. The summed E-state index contributed by atoms with van der Waals surface area (Å²) in [6.07, 6.45) is 4.23. The van der Waals surface area contributed by atoms with Crippen molar-refractivity contribution in [3.8, 4) is 22.5 Å². The summed E-state index contributed by atoms with van der Waals surface area (Å²) in [5.74, 6) is -1.44. The second kappa shape index (κ2) is 10.9. The highest BCUT2D eigenvalue weighted by molar-refractivity contribution is 6.12. The van der Waals surface area contributed by atoms with Crippen LogP contribution in [0, 0.1) is 18.6 Å². The number of aromatic nitrogens is 2. The van der Waals surface area contributed by atoms with Crippen LogP contribution in [0.4, 0.5) is 8.78 Å². The molecule has 0 radical (unpaired) electrons. The molecule has 2 amide bonds. The summed E-state index contributed by atoms with van der Waals surface area (Å²) in [6, 6.07) is 15.3. The molecule has 0 spiro atoms. The van der Waals surface area contributed by atoms with Gasteiger partial charge in [-0.1, -0.05) is 6.07 Å². The highest BCUT2D eigenvalue weighted by Gasteiger charge is 2.56. The molecule has 1 fully saturated rings. The first-order valence-corrected chi connectivity index (χ1v) is 14.1. The van der Waals surface area contributed by atoms with Gasteiger partial charge in [0.2, 0.25) is 0 Å². The van der Waals surface area contributed by atoms with E-state index in [9.17, 15) is 14.0 Å². The van der Waals surface area contributed by atoms with Crippen LogP contribution in [-0.4, -0.2) is 41.5 Å². The largest absolute Gasteiger partial charge is 0.455 e. The van der Waals surface area contributed by atoms with E-state index in [0.717, 1.165) is 5.56 Å². The van der Waals surface area contributed by atoms with Gasteiger partial charge in [0.15, 0.2) is 5.82 Å². The molecule has 5 aromatic rings. The van der Waals surface area contributed by atoms with Gasteiger partial charge in [0.25, 0.3) is 11.8 Å². The summed E-state index contributed by atoms with van der Waals surface area (Å²) in [5.41, 5.74) is 1.02. The molecule has 224 valence electrons. The topological polar surface area (TPSA) is 106 Å². The maximum atomic E-state index is 16.5. The van der Waals surface area contributed by atoms with Crippen LogP contribution < -0.4 is 10.6 Å². The molecule has 8 nitrogen and oxygen atoms in total. The molecule has 2 N–H and O–H groups in total. The highest BCUT2D eigenvalue weighted by atomic mass is 19.1. The van der Waals surface area contributed by atoms with Gasteiger partial charge in [0.1, 0.15) is 28.5 Å². The Kier molecular flexibility index (Phi) is 7.25. The lowest BCUT2D eigenvalue weighted by atomic mass is 9.65. The van der Waals surface area contributed by atoms with Crippen LogP contribution in [0.15, 0.2) is 77.5 Å². The third kappa shape index (κ3) is 4.90. The first kappa shape index (κ1) is 29.1. The van der Waals surface area contributed by atoms with E-state index in [4.69, 9.17) is 9.15 Å². The van der Waals surface area contributed by atoms with Gasteiger partial charge in [-0.25, -0.2) is 18.7 Å². The highest BCUT2D eigenvalue weighted by Crippen LogP contribution is 2.49. The number of nitrogens with one attached hydrogen (secondary N) is 2. The van der Waals surface area contributed by atoms with E-state index in [-0.39, 0.29) is 33.8 Å². The van der Waals surface area contributed by atoms with E-state index < -0.39 is 28.7 Å². The Morgan fingerprint density at radius 1 is 0.955 bits per heavy atom. The monoisotopic (exact) mass is 596 g/mol. The first-order chi connectivity index (χ1) is 21.1. The number of nitrogens with zero attached hydrogens (tertiary/aromatic N) is 2. The molecular weight excluding hydrogens is 566 g/mol. The Morgan fingerprint density at radius 3 is 2.32 bits per heavy atom. The zero-order valence-electron chi connectivity index (χ0n) is 24.6. The molecule has 1 saturated carbocycles. The summed E-state index contributed by atoms with van der Waals surface area (Å²) in [7, 11) is 3.07. The molecule has 0 unspecified atom stereocenters. The number of carbonyl (C=O) groups excluding carboxylic acids is 2. The Labute approximate surface area is 252 Å². The van der Waals surface area contributed by atoms with Crippen molar-refractivity contribution in [2.45, 2.75) is 37.8 Å². The number of carbonyl (C=O) groups is 2. The summed E-state index contributed by atoms with van der Waals surface area (Å²) < 4.78 is 41.7. The number of methoxy groups -OCH3 is 1. The molecule has 2 heterocycles. The van der Waals surface area contributed by atoms with Gasteiger partial charge in [-0.15, -0.1) is 0 Å². The summed E-state index contributed by atoms with van der Waals surface area (Å²) in [4.78, 5) is 35.5. The molecule has 0 aliphatic heterocycles. The van der Waals surface area contributed by atoms with Gasteiger partial charge in [-0.05, 0) is 79.6 Å². The smallest absolute Gasteiger partial charge is 0.255 e. The number of hydrogen-bond donors (Lipinski definition) is 2. The van der Waals surface area contributed by atoms with Crippen molar-refractivity contribution >= 4 is 22.8 Å². The average Bonchev–Trinajstić information content (AvgIpc) is 3.41. The molecular formula is C34H30F2N4O4. The number of benzene rings is 3. The fraction of sp³-hybridized carbons (Fsp3) is 0.235. The van der Waals surface area contributed by atoms with Gasteiger partial charge in [0, 0.05) is 56.1 Å². The maximum Gasteiger partial charge on any atom is 0.255 e. The Hall–Kier alpha value is -4.96. The zero-order chi connectivity index (χ0) is 31.2. The molecule has 0 atom stereocenters. The number of fused-ring (bicyclic) bond motifs is 1. The molecule has 44 heavy (non-hydrogen) atoms. The van der Waals surface area contributed by atoms with Gasteiger partial charge in [0.05, 0.1) is 16.6 Å². The molecule has 0 bridgehead atoms. The van der Waals surface area contributed by atoms with Gasteiger partial charge in [-0.3, -0.25) is 9.59 Å². The maximum absolute atomic E-state index is 16.5. The van der Waals surface area contributed by atoms with E-state index in [2.05, 4.69) is 20.6 Å². The molecule has 1 aliphatic rings. The number of furan rings is 1. The van der Waals surface area contributed by atoms with Crippen molar-refractivity contribution in [3.63, 3.8) is 0 Å². The van der Waals surface area contributed by atoms with E-state index in [0.29, 0.717) is 35.4 Å². The first-order valence-electron chi connectivity index (χ1n) is 14.1. The van der Waals surface area contributed by atoms with E-state index in [1.54, 1.807) is 55.9 Å². The lowest BCUT2D eigenvalue weighted by Crippen LogP contribution is -2.63. The Morgan fingerprint density at radius 2 is 1.66 bits per heavy atom. The summed E-state index contributed by atoms with van der Waals surface area (Å²) >= 11 is 0. The third-order valence-electron chi connectivity index (χ3n) is 8.33. The predicted octanol–water partition coefficient (Wildman–Crippen LogP) is 6.33. The van der Waals surface area contributed by atoms with Crippen LogP contribution >= 0.6 is 0 Å². The lowest BCUT2D eigenvalue weighted by Gasteiger charge is -2.52. The van der Waals surface area contributed by atoms with Gasteiger partial charge >= 0.3 is 0 Å². The molecule has 6 rings (SSSR count). The fourth-order valence-corrected chi connectivity index (χ4v) is 6.07. The van der Waals surface area contributed by atoms with Crippen molar-refractivity contribution < 1.29 is 27.5 Å². The fourth-order valence-electron chi connectivity index (χ4n) is 6.07. The van der Waals surface area contributed by atoms with Crippen LogP contribution in [0.25, 0.3) is 33.4 Å². The Balaban J connectivity index is 1.41. The van der Waals surface area contributed by atoms with Crippen molar-refractivity contribution in [1.29, 1.82) is 0 Å². The minimum atomic E-state index is -0.825. The number of rotatable bonds is 7. The summed E-state index contributed by atoms with van der Waals surface area (Å²) in [6.45, 7) is 3.78. The van der Waals surface area contributed by atoms with Crippen molar-refractivity contribution in [3.05, 3.63) is 107 Å². The molecule has 0 saturated heterocycles. The van der Waals surface area contributed by atoms with E-state index in [1.807, 2.05) is 13.8 Å². The average molecular weight is 597 g/mol. The number of amides is 2. The van der Waals surface area contributed by atoms with Crippen LogP contribution in [0.2, 0.25) is 0 Å². The van der Waals surface area contributed by atoms with Crippen LogP contribution in [-0.2, 0) is 10.3 Å². The quantitative estimate of drug-likeness (QED) is 0.228. The summed E-state index contributed by atoms with van der Waals surface area (Å²) in [5, 5.41) is 5.66. The standard InChI is InChI=1S/C34H30F2N4O4/c1-19-6-7-21(30(41)40-34(17-33(2,18-34)43-4)32-38-14-5-15-39-32)16-24(19)23-12-13-25-26(28(23)36)27(31(42)37-3)29(44-25)20-8-10-22(35)11-9-20/h5-16H,17-18H2,1-4H3,(H,37,42)(H,40,41). The van der Waals surface area contributed by atoms with Crippen molar-refractivity contribution in [2.75, 3.05) is 14.2 Å². The molecule has 3 aromatic carbocycles. The molecule has 2 aromatic heterocycles. The SMILES string of the molecule is CNC(=O)c1c(-c2ccc(F)cc2)oc2ccc(-c3cc(C(=O)NC4(c5ncccn5)CC(C)(OC)C4)ccc3C)c(F)c12. The number of aryl methyl sites for hydroxylation is 1. The molecule has 1 aliphatic carbocycles. The second-order valence-corrected chi connectivity index (χ2v) is 11.3. The number of ether oxygens (including phenoxy) is 1. The number of halogens is 2. The van der Waals surface area contributed by atoms with E-state index >= 15 is 4.39 Å². The lowest BCUT2D eigenvalue weighted by molar-refractivity contribution is -0.116. The van der Waals surface area contributed by atoms with Gasteiger partial charge < -0.3 is 19.8 Å². The predicted molar refractivity (Wildman–Crippen MR) is 161 cm³/mol. The molecule has 10 heteroatoms. The van der Waals surface area contributed by atoms with Crippen molar-refractivity contribution in [2.24, 2.45) is 0 Å². The Bertz CT molecular complexity index is 1900. The minimum absolute atomic E-state index is 0.00372. The minimum Gasteiger partial charge on any atom is -0.455 e. The van der Waals surface area contributed by atoms with E-state index in [1.165, 1.54) is 31.3 Å². The van der Waals surface area contributed by atoms with Gasteiger partial charge in [-0.2, -0.15) is 0 Å². The second-order valence-electron chi connectivity index (χ2n) is 11.3. The van der Waals surface area contributed by atoms with Crippen LogP contribution in [0.3, 0.4) is 0 Å².